The Hall–Kier alpha value is -4.60. The summed E-state index contributed by atoms with van der Waals surface area (Å²) in [6.07, 6.45) is 1.52. The first-order valence-corrected chi connectivity index (χ1v) is 11.1. The highest BCUT2D eigenvalue weighted by Crippen LogP contribution is 2.20. The number of rotatable bonds is 7. The van der Waals surface area contributed by atoms with Gasteiger partial charge in [-0.1, -0.05) is 36.4 Å². The van der Waals surface area contributed by atoms with Crippen molar-refractivity contribution in [1.29, 1.82) is 0 Å². The van der Waals surface area contributed by atoms with Gasteiger partial charge in [-0.15, -0.1) is 0 Å². The number of nitrogens with zero attached hydrogens (tertiary/aromatic N) is 4. The van der Waals surface area contributed by atoms with Gasteiger partial charge in [0.1, 0.15) is 5.69 Å². The lowest BCUT2D eigenvalue weighted by atomic mass is 10.0. The van der Waals surface area contributed by atoms with Crippen LogP contribution in [0.2, 0.25) is 0 Å². The van der Waals surface area contributed by atoms with E-state index >= 15 is 0 Å². The fourth-order valence-electron chi connectivity index (χ4n) is 3.85. The Balaban J connectivity index is 1.68. The third kappa shape index (κ3) is 4.86. The number of aromatic nitrogens is 4. The van der Waals surface area contributed by atoms with E-state index in [1.807, 2.05) is 25.5 Å². The van der Waals surface area contributed by atoms with Gasteiger partial charge in [-0.3, -0.25) is 19.1 Å². The van der Waals surface area contributed by atoms with Crippen LogP contribution in [0, 0.1) is 13.8 Å². The molecule has 4 aromatic rings. The SMILES string of the molecule is CCn1nc(C)c(C=NNC(=O)[C@H](NC(=O)c2ccccc2)c2n[nH]c(=O)c3ccccc23)c1C. The van der Waals surface area contributed by atoms with Crippen LogP contribution in [0.15, 0.2) is 64.5 Å². The lowest BCUT2D eigenvalue weighted by molar-refractivity contribution is -0.123. The first-order valence-electron chi connectivity index (χ1n) is 11.1. The molecule has 3 N–H and O–H groups in total. The monoisotopic (exact) mass is 471 g/mol. The largest absolute Gasteiger partial charge is 0.335 e. The molecule has 0 aliphatic heterocycles. The summed E-state index contributed by atoms with van der Waals surface area (Å²) in [5.41, 5.74) is 5.17. The smallest absolute Gasteiger partial charge is 0.272 e. The topological polar surface area (TPSA) is 134 Å². The van der Waals surface area contributed by atoms with Gasteiger partial charge in [0.25, 0.3) is 17.4 Å². The molecule has 35 heavy (non-hydrogen) atoms. The second kappa shape index (κ2) is 10.1. The Kier molecular flexibility index (Phi) is 6.81. The van der Waals surface area contributed by atoms with E-state index in [0.717, 1.165) is 17.0 Å². The molecule has 0 saturated heterocycles. The summed E-state index contributed by atoms with van der Waals surface area (Å²) in [5, 5.41) is 18.6. The maximum atomic E-state index is 13.3. The van der Waals surface area contributed by atoms with Crippen molar-refractivity contribution in [2.75, 3.05) is 0 Å². The van der Waals surface area contributed by atoms with E-state index in [9.17, 15) is 14.4 Å². The van der Waals surface area contributed by atoms with Gasteiger partial charge in [0.2, 0.25) is 0 Å². The quantitative estimate of drug-likeness (QED) is 0.281. The molecular weight excluding hydrogens is 446 g/mol. The zero-order chi connectivity index (χ0) is 24.9. The molecule has 1 atom stereocenters. The van der Waals surface area contributed by atoms with Crippen LogP contribution in [-0.2, 0) is 11.3 Å². The number of H-pyrrole nitrogens is 1. The minimum atomic E-state index is -1.22. The maximum Gasteiger partial charge on any atom is 0.272 e. The van der Waals surface area contributed by atoms with Crippen LogP contribution in [0.1, 0.15) is 46.0 Å². The van der Waals surface area contributed by atoms with Gasteiger partial charge in [0.05, 0.1) is 17.3 Å². The zero-order valence-corrected chi connectivity index (χ0v) is 19.6. The van der Waals surface area contributed by atoms with Crippen molar-refractivity contribution >= 4 is 28.8 Å². The summed E-state index contributed by atoms with van der Waals surface area (Å²) in [6, 6.07) is 14.0. The molecule has 0 saturated carbocycles. The van der Waals surface area contributed by atoms with Gasteiger partial charge in [-0.2, -0.15) is 15.3 Å². The molecule has 0 aliphatic carbocycles. The van der Waals surface area contributed by atoms with E-state index in [-0.39, 0.29) is 5.69 Å². The molecule has 0 aliphatic rings. The van der Waals surface area contributed by atoms with Crippen LogP contribution in [0.4, 0.5) is 0 Å². The minimum absolute atomic E-state index is 0.198. The second-order valence-corrected chi connectivity index (χ2v) is 7.89. The van der Waals surface area contributed by atoms with E-state index in [2.05, 4.69) is 31.1 Å². The van der Waals surface area contributed by atoms with E-state index in [0.29, 0.717) is 22.9 Å². The molecule has 178 valence electrons. The number of carbonyl (C=O) groups excluding carboxylic acids is 2. The lowest BCUT2D eigenvalue weighted by Gasteiger charge is -2.18. The van der Waals surface area contributed by atoms with Crippen LogP contribution in [0.25, 0.3) is 10.8 Å². The van der Waals surface area contributed by atoms with Crippen LogP contribution in [0.5, 0.6) is 0 Å². The average molecular weight is 472 g/mol. The van der Waals surface area contributed by atoms with Gasteiger partial charge in [-0.05, 0) is 39.0 Å². The summed E-state index contributed by atoms with van der Waals surface area (Å²) >= 11 is 0. The molecular formula is C25H25N7O3. The molecule has 4 rings (SSSR count). The molecule has 10 heteroatoms. The number of aromatic amines is 1. The number of benzene rings is 2. The predicted molar refractivity (Wildman–Crippen MR) is 132 cm³/mol. The Bertz CT molecular complexity index is 1470. The number of aryl methyl sites for hydroxylation is 2. The zero-order valence-electron chi connectivity index (χ0n) is 19.6. The lowest BCUT2D eigenvalue weighted by Crippen LogP contribution is -2.40. The minimum Gasteiger partial charge on any atom is -0.335 e. The third-order valence-corrected chi connectivity index (χ3v) is 5.68. The molecule has 2 aromatic carbocycles. The Morgan fingerprint density at radius 3 is 2.46 bits per heavy atom. The Morgan fingerprint density at radius 1 is 1.09 bits per heavy atom. The number of amides is 2. The molecule has 0 fully saturated rings. The summed E-state index contributed by atoms with van der Waals surface area (Å²) < 4.78 is 1.85. The number of nitrogens with one attached hydrogen (secondary N) is 3. The van der Waals surface area contributed by atoms with Gasteiger partial charge < -0.3 is 5.32 Å². The van der Waals surface area contributed by atoms with Crippen LogP contribution in [0.3, 0.4) is 0 Å². The molecule has 2 amide bonds. The second-order valence-electron chi connectivity index (χ2n) is 7.89. The molecule has 2 aromatic heterocycles. The first kappa shape index (κ1) is 23.6. The Labute approximate surface area is 201 Å². The van der Waals surface area contributed by atoms with Crippen LogP contribution >= 0.6 is 0 Å². The number of carbonyl (C=O) groups is 2. The van der Waals surface area contributed by atoms with Crippen molar-refractivity contribution in [2.45, 2.75) is 33.4 Å². The van der Waals surface area contributed by atoms with Crippen molar-refractivity contribution in [1.82, 2.24) is 30.7 Å². The van der Waals surface area contributed by atoms with Gasteiger partial charge in [0.15, 0.2) is 6.04 Å². The molecule has 0 unspecified atom stereocenters. The number of hydrogen-bond acceptors (Lipinski definition) is 6. The van der Waals surface area contributed by atoms with Crippen molar-refractivity contribution in [3.63, 3.8) is 0 Å². The first-order chi connectivity index (χ1) is 16.9. The van der Waals surface area contributed by atoms with E-state index < -0.39 is 23.4 Å². The fraction of sp³-hybridized carbons (Fsp3) is 0.200. The number of fused-ring (bicyclic) bond motifs is 1. The predicted octanol–water partition coefficient (Wildman–Crippen LogP) is 2.38. The van der Waals surface area contributed by atoms with E-state index in [4.69, 9.17) is 0 Å². The standard InChI is InChI=1S/C25H25N7O3/c1-4-32-16(3)20(15(2)31-32)14-26-29-25(35)22(27-23(33)17-10-6-5-7-11-17)21-18-12-8-9-13-19(18)24(34)30-28-21/h5-14,22H,4H2,1-3H3,(H,27,33)(H,29,35)(H,30,34)/t22-/m1/s1. The van der Waals surface area contributed by atoms with Crippen molar-refractivity contribution in [3.8, 4) is 0 Å². The molecule has 0 radical (unpaired) electrons. The Morgan fingerprint density at radius 2 is 1.77 bits per heavy atom. The number of hydrogen-bond donors (Lipinski definition) is 3. The maximum absolute atomic E-state index is 13.3. The number of hydrazone groups is 1. The van der Waals surface area contributed by atoms with Gasteiger partial charge in [-0.25, -0.2) is 10.5 Å². The van der Waals surface area contributed by atoms with Crippen LogP contribution < -0.4 is 16.3 Å². The highest BCUT2D eigenvalue weighted by molar-refractivity contribution is 5.99. The van der Waals surface area contributed by atoms with Gasteiger partial charge in [0, 0.05) is 28.8 Å². The van der Waals surface area contributed by atoms with Crippen molar-refractivity contribution in [2.24, 2.45) is 5.10 Å². The average Bonchev–Trinajstić information content (AvgIpc) is 3.16. The summed E-state index contributed by atoms with van der Waals surface area (Å²) in [5.74, 6) is -1.09. The van der Waals surface area contributed by atoms with Crippen LogP contribution in [-0.4, -0.2) is 38.0 Å². The normalized spacial score (nSPS) is 12.1. The molecule has 0 bridgehead atoms. The summed E-state index contributed by atoms with van der Waals surface area (Å²) in [4.78, 5) is 38.4. The molecule has 10 nitrogen and oxygen atoms in total. The summed E-state index contributed by atoms with van der Waals surface area (Å²) in [6.45, 7) is 6.49. The highest BCUT2D eigenvalue weighted by atomic mass is 16.2. The van der Waals surface area contributed by atoms with Crippen molar-refractivity contribution < 1.29 is 9.59 Å². The van der Waals surface area contributed by atoms with Gasteiger partial charge >= 0.3 is 0 Å². The van der Waals surface area contributed by atoms with Crippen molar-refractivity contribution in [3.05, 3.63) is 93.2 Å². The van der Waals surface area contributed by atoms with E-state index in [1.54, 1.807) is 54.6 Å². The highest BCUT2D eigenvalue weighted by Gasteiger charge is 2.27. The van der Waals surface area contributed by atoms with E-state index in [1.165, 1.54) is 6.21 Å². The third-order valence-electron chi connectivity index (χ3n) is 5.68. The molecule has 0 spiro atoms. The molecule has 2 heterocycles. The summed E-state index contributed by atoms with van der Waals surface area (Å²) in [7, 11) is 0. The fourth-order valence-corrected chi connectivity index (χ4v) is 3.85.